The summed E-state index contributed by atoms with van der Waals surface area (Å²) in [6.07, 6.45) is 1.22. The maximum absolute atomic E-state index is 12.4. The van der Waals surface area contributed by atoms with E-state index >= 15 is 0 Å². The highest BCUT2D eigenvalue weighted by Gasteiger charge is 2.21. The van der Waals surface area contributed by atoms with Gasteiger partial charge in [-0.1, -0.05) is 10.5 Å². The Morgan fingerprint density at radius 1 is 1.19 bits per heavy atom. The number of hydrogen-bond acceptors (Lipinski definition) is 7. The van der Waals surface area contributed by atoms with Gasteiger partial charge in [0.2, 0.25) is 12.3 Å². The van der Waals surface area contributed by atoms with Crippen molar-refractivity contribution in [3.05, 3.63) is 60.5 Å². The molecule has 2 aromatic carbocycles. The zero-order chi connectivity index (χ0) is 19.4. The molecule has 3 rings (SSSR count). The fourth-order valence-corrected chi connectivity index (χ4v) is 3.23. The highest BCUT2D eigenvalue weighted by Crippen LogP contribution is 2.21. The van der Waals surface area contributed by atoms with Gasteiger partial charge in [-0.25, -0.2) is 8.42 Å². The Morgan fingerprint density at radius 3 is 2.56 bits per heavy atom. The molecule has 0 bridgehead atoms. The molecule has 9 nitrogen and oxygen atoms in total. The maximum Gasteiger partial charge on any atom is 0.264 e. The van der Waals surface area contributed by atoms with Crippen molar-refractivity contribution >= 4 is 21.6 Å². The van der Waals surface area contributed by atoms with Crippen LogP contribution in [0.4, 0.5) is 5.69 Å². The van der Waals surface area contributed by atoms with E-state index in [2.05, 4.69) is 15.5 Å². The molecule has 0 saturated heterocycles. The monoisotopic (exact) mass is 388 g/mol. The first-order valence-corrected chi connectivity index (χ1v) is 9.17. The Bertz CT molecular complexity index is 1030. The molecule has 0 aliphatic heterocycles. The number of sulfonamides is 1. The molecule has 3 aromatic rings. The number of aromatic nitrogens is 2. The number of hydroxylamine groups is 1. The summed E-state index contributed by atoms with van der Waals surface area (Å²) in [6.45, 7) is 0. The first-order valence-electron chi connectivity index (χ1n) is 7.73. The fraction of sp³-hybridized carbons (Fsp3) is 0.118. The zero-order valence-corrected chi connectivity index (χ0v) is 15.3. The Balaban J connectivity index is 1.76. The number of rotatable bonds is 6. The van der Waals surface area contributed by atoms with Gasteiger partial charge in [0.25, 0.3) is 15.9 Å². The molecule has 0 aliphatic carbocycles. The minimum absolute atomic E-state index is 0.0155. The second-order valence-corrected chi connectivity index (χ2v) is 7.34. The summed E-state index contributed by atoms with van der Waals surface area (Å²) in [7, 11) is -1.23. The topological polar surface area (TPSA) is 115 Å². The number of carbonyl (C=O) groups excluding carboxylic acids is 1. The molecule has 1 N–H and O–H groups in total. The quantitative estimate of drug-likeness (QED) is 0.644. The van der Waals surface area contributed by atoms with Gasteiger partial charge in [0.05, 0.1) is 12.0 Å². The van der Waals surface area contributed by atoms with Gasteiger partial charge in [0.15, 0.2) is 0 Å². The van der Waals surface area contributed by atoms with Crippen LogP contribution in [0.15, 0.2) is 64.2 Å². The minimum Gasteiger partial charge on any atom is -0.423 e. The van der Waals surface area contributed by atoms with Crippen LogP contribution in [0.5, 0.6) is 0 Å². The van der Waals surface area contributed by atoms with Crippen molar-refractivity contribution in [2.45, 2.75) is 4.90 Å². The van der Waals surface area contributed by atoms with Gasteiger partial charge in [-0.05, 0) is 42.5 Å². The van der Waals surface area contributed by atoms with Crippen LogP contribution < -0.4 is 5.32 Å². The Labute approximate surface area is 155 Å². The third-order valence-electron chi connectivity index (χ3n) is 3.74. The number of nitrogens with zero attached hydrogens (tertiary/aromatic N) is 3. The van der Waals surface area contributed by atoms with Gasteiger partial charge in [-0.2, -0.15) is 0 Å². The van der Waals surface area contributed by atoms with E-state index in [-0.39, 0.29) is 10.8 Å². The summed E-state index contributed by atoms with van der Waals surface area (Å²) in [5, 5.41) is 10.2. The maximum atomic E-state index is 12.4. The minimum atomic E-state index is -3.77. The van der Waals surface area contributed by atoms with E-state index < -0.39 is 10.0 Å². The van der Waals surface area contributed by atoms with Crippen molar-refractivity contribution in [1.29, 1.82) is 0 Å². The van der Waals surface area contributed by atoms with Crippen molar-refractivity contribution in [3.63, 3.8) is 0 Å². The fourth-order valence-electron chi connectivity index (χ4n) is 2.26. The summed E-state index contributed by atoms with van der Waals surface area (Å²) in [6, 6.07) is 12.5. The number of carbonyl (C=O) groups is 1. The van der Waals surface area contributed by atoms with E-state index in [1.165, 1.54) is 44.8 Å². The summed E-state index contributed by atoms with van der Waals surface area (Å²) in [5.41, 5.74) is 1.50. The molecule has 1 aromatic heterocycles. The average molecular weight is 388 g/mol. The second-order valence-electron chi connectivity index (χ2n) is 5.40. The molecule has 1 heterocycles. The third kappa shape index (κ3) is 4.03. The van der Waals surface area contributed by atoms with Crippen molar-refractivity contribution in [2.75, 3.05) is 19.5 Å². The number of nitrogens with one attached hydrogen (secondary N) is 1. The van der Waals surface area contributed by atoms with Crippen LogP contribution >= 0.6 is 0 Å². The summed E-state index contributed by atoms with van der Waals surface area (Å²) in [5.74, 6) is -0.0513. The van der Waals surface area contributed by atoms with Gasteiger partial charge in [-0.15, -0.1) is 10.2 Å². The third-order valence-corrected chi connectivity index (χ3v) is 5.43. The smallest absolute Gasteiger partial charge is 0.264 e. The number of amides is 1. The van der Waals surface area contributed by atoms with Crippen LogP contribution in [0.3, 0.4) is 0 Å². The van der Waals surface area contributed by atoms with E-state index in [1.54, 1.807) is 24.3 Å². The molecule has 0 aliphatic rings. The van der Waals surface area contributed by atoms with Crippen LogP contribution in [0.1, 0.15) is 10.4 Å². The molecule has 0 spiro atoms. The lowest BCUT2D eigenvalue weighted by Gasteiger charge is -2.14. The van der Waals surface area contributed by atoms with E-state index in [4.69, 9.17) is 9.25 Å². The zero-order valence-electron chi connectivity index (χ0n) is 14.5. The van der Waals surface area contributed by atoms with Crippen LogP contribution in [0.25, 0.3) is 11.5 Å². The van der Waals surface area contributed by atoms with E-state index in [1.807, 2.05) is 0 Å². The molecule has 0 saturated carbocycles. The molecule has 0 radical (unpaired) electrons. The molecule has 140 valence electrons. The Morgan fingerprint density at radius 2 is 1.93 bits per heavy atom. The van der Waals surface area contributed by atoms with Crippen molar-refractivity contribution in [1.82, 2.24) is 14.7 Å². The van der Waals surface area contributed by atoms with Crippen LogP contribution in [-0.2, 0) is 14.9 Å². The van der Waals surface area contributed by atoms with Gasteiger partial charge in [0, 0.05) is 23.9 Å². The Kier molecular flexibility index (Phi) is 5.31. The standard InChI is InChI=1S/C17H16N4O5S/c1-21(25-2)27(23,24)15-8-6-12(7-9-15)16(22)19-14-5-3-4-13(10-14)17-20-18-11-26-17/h3-11H,1-2H3,(H,19,22). The summed E-state index contributed by atoms with van der Waals surface area (Å²) in [4.78, 5) is 17.1. The van der Waals surface area contributed by atoms with E-state index in [0.29, 0.717) is 22.7 Å². The number of anilines is 1. The number of benzene rings is 2. The number of hydrogen-bond donors (Lipinski definition) is 1. The molecule has 10 heteroatoms. The molecular weight excluding hydrogens is 372 g/mol. The molecule has 1 amide bonds. The molecule has 0 fully saturated rings. The largest absolute Gasteiger partial charge is 0.423 e. The van der Waals surface area contributed by atoms with E-state index in [0.717, 1.165) is 4.47 Å². The normalized spacial score (nSPS) is 11.5. The van der Waals surface area contributed by atoms with Gasteiger partial charge >= 0.3 is 0 Å². The van der Waals surface area contributed by atoms with Crippen molar-refractivity contribution < 1.29 is 22.5 Å². The molecular formula is C17H16N4O5S. The molecule has 0 atom stereocenters. The summed E-state index contributed by atoms with van der Waals surface area (Å²) >= 11 is 0. The lowest BCUT2D eigenvalue weighted by Crippen LogP contribution is -2.25. The second kappa shape index (κ2) is 7.66. The highest BCUT2D eigenvalue weighted by molar-refractivity contribution is 7.89. The molecule has 27 heavy (non-hydrogen) atoms. The van der Waals surface area contributed by atoms with Crippen molar-refractivity contribution in [2.24, 2.45) is 0 Å². The highest BCUT2D eigenvalue weighted by atomic mass is 32.2. The average Bonchev–Trinajstić information content (AvgIpc) is 3.22. The van der Waals surface area contributed by atoms with E-state index in [9.17, 15) is 13.2 Å². The van der Waals surface area contributed by atoms with Crippen molar-refractivity contribution in [3.8, 4) is 11.5 Å². The van der Waals surface area contributed by atoms with Crippen LogP contribution in [-0.4, -0.2) is 43.1 Å². The summed E-state index contributed by atoms with van der Waals surface area (Å²) < 4.78 is 30.2. The van der Waals surface area contributed by atoms with Crippen LogP contribution in [0, 0.1) is 0 Å². The predicted molar refractivity (Wildman–Crippen MR) is 96.1 cm³/mol. The predicted octanol–water partition coefficient (Wildman–Crippen LogP) is 2.17. The SMILES string of the molecule is CON(C)S(=O)(=O)c1ccc(C(=O)Nc2cccc(-c3nnco3)c2)cc1. The lowest BCUT2D eigenvalue weighted by atomic mass is 10.1. The van der Waals surface area contributed by atoms with Gasteiger partial charge < -0.3 is 9.73 Å². The van der Waals surface area contributed by atoms with Gasteiger partial charge in [-0.3, -0.25) is 9.63 Å². The first-order chi connectivity index (χ1) is 12.9. The molecule has 0 unspecified atom stereocenters. The lowest BCUT2D eigenvalue weighted by molar-refractivity contribution is -0.0258. The van der Waals surface area contributed by atoms with Crippen LogP contribution in [0.2, 0.25) is 0 Å². The Hall–Kier alpha value is -3.08. The first kappa shape index (κ1) is 18.7. The van der Waals surface area contributed by atoms with Gasteiger partial charge in [0.1, 0.15) is 0 Å².